The highest BCUT2D eigenvalue weighted by Crippen LogP contribution is 2.27. The van der Waals surface area contributed by atoms with Gasteiger partial charge in [0.25, 0.3) is 0 Å². The third-order valence-corrected chi connectivity index (χ3v) is 4.94. The molecule has 0 aliphatic heterocycles. The molecule has 1 fully saturated rings. The summed E-state index contributed by atoms with van der Waals surface area (Å²) < 4.78 is 5.43. The molecule has 1 saturated carbocycles. The molecule has 7 nitrogen and oxygen atoms in total. The minimum absolute atomic E-state index is 0.00221. The van der Waals surface area contributed by atoms with Crippen molar-refractivity contribution in [2.75, 3.05) is 34.3 Å². The number of rotatable bonds is 9. The minimum atomic E-state index is -0.273. The number of amides is 3. The van der Waals surface area contributed by atoms with Crippen molar-refractivity contribution in [2.24, 2.45) is 0 Å². The number of nitrogens with zero attached hydrogens (tertiary/aromatic N) is 1. The van der Waals surface area contributed by atoms with E-state index in [4.69, 9.17) is 4.74 Å². The smallest absolute Gasteiger partial charge is 0.314 e. The van der Waals surface area contributed by atoms with Crippen LogP contribution in [0.15, 0.2) is 24.3 Å². The number of hydrogen-bond donors (Lipinski definition) is 3. The number of urea groups is 1. The fourth-order valence-electron chi connectivity index (χ4n) is 3.42. The molecule has 150 valence electrons. The van der Waals surface area contributed by atoms with Gasteiger partial charge in [-0.25, -0.2) is 4.79 Å². The highest BCUT2D eigenvalue weighted by atomic mass is 16.5. The molecule has 2 rings (SSSR count). The lowest BCUT2D eigenvalue weighted by molar-refractivity contribution is -0.121. The van der Waals surface area contributed by atoms with Crippen molar-refractivity contribution in [1.29, 1.82) is 0 Å². The molecule has 1 unspecified atom stereocenters. The Kier molecular flexibility index (Phi) is 8.39. The van der Waals surface area contributed by atoms with Crippen molar-refractivity contribution < 1.29 is 14.3 Å². The Morgan fingerprint density at radius 1 is 1.19 bits per heavy atom. The van der Waals surface area contributed by atoms with E-state index in [0.29, 0.717) is 25.6 Å². The van der Waals surface area contributed by atoms with Gasteiger partial charge in [-0.1, -0.05) is 31.0 Å². The van der Waals surface area contributed by atoms with Gasteiger partial charge in [0.05, 0.1) is 13.2 Å². The number of carbonyl (C=O) groups excluding carboxylic acids is 2. The molecule has 0 heterocycles. The van der Waals surface area contributed by atoms with Crippen LogP contribution in [0.2, 0.25) is 0 Å². The zero-order valence-electron chi connectivity index (χ0n) is 16.6. The molecule has 0 radical (unpaired) electrons. The zero-order valence-corrected chi connectivity index (χ0v) is 16.6. The number of nitrogens with one attached hydrogen (secondary N) is 3. The van der Waals surface area contributed by atoms with Gasteiger partial charge in [0.2, 0.25) is 5.91 Å². The second-order valence-corrected chi connectivity index (χ2v) is 7.16. The summed E-state index contributed by atoms with van der Waals surface area (Å²) in [5, 5.41) is 8.65. The number of ether oxygens (including phenoxy) is 1. The molecule has 0 spiro atoms. The topological polar surface area (TPSA) is 82.7 Å². The lowest BCUT2D eigenvalue weighted by Crippen LogP contribution is -2.42. The van der Waals surface area contributed by atoms with E-state index in [1.165, 1.54) is 12.8 Å². The van der Waals surface area contributed by atoms with Crippen molar-refractivity contribution in [3.05, 3.63) is 29.8 Å². The van der Waals surface area contributed by atoms with Crippen LogP contribution < -0.4 is 20.7 Å². The van der Waals surface area contributed by atoms with E-state index in [0.717, 1.165) is 24.2 Å². The van der Waals surface area contributed by atoms with Crippen molar-refractivity contribution in [1.82, 2.24) is 20.9 Å². The zero-order chi connectivity index (χ0) is 19.6. The summed E-state index contributed by atoms with van der Waals surface area (Å²) in [6.07, 6.45) is 4.80. The van der Waals surface area contributed by atoms with E-state index in [-0.39, 0.29) is 18.0 Å². The average Bonchev–Trinajstić information content (AvgIpc) is 3.15. The first-order valence-electron chi connectivity index (χ1n) is 9.61. The van der Waals surface area contributed by atoms with E-state index in [1.807, 2.05) is 43.3 Å². The molecule has 1 aromatic carbocycles. The molecular formula is C20H32N4O3. The normalized spacial score (nSPS) is 15.4. The molecule has 0 bridgehead atoms. The largest absolute Gasteiger partial charge is 0.496 e. The van der Waals surface area contributed by atoms with Crippen LogP contribution in [0.5, 0.6) is 5.75 Å². The number of hydrogen-bond acceptors (Lipinski definition) is 4. The maximum Gasteiger partial charge on any atom is 0.314 e. The van der Waals surface area contributed by atoms with Gasteiger partial charge in [-0.3, -0.25) is 4.79 Å². The van der Waals surface area contributed by atoms with Gasteiger partial charge < -0.3 is 25.6 Å². The molecule has 0 aromatic heterocycles. The summed E-state index contributed by atoms with van der Waals surface area (Å²) >= 11 is 0. The van der Waals surface area contributed by atoms with E-state index in [1.54, 1.807) is 7.11 Å². The fraction of sp³-hybridized carbons (Fsp3) is 0.600. The van der Waals surface area contributed by atoms with Gasteiger partial charge in [-0.05, 0) is 33.0 Å². The van der Waals surface area contributed by atoms with Gasteiger partial charge in [-0.15, -0.1) is 0 Å². The number of methoxy groups -OCH3 is 1. The molecule has 1 aliphatic rings. The highest BCUT2D eigenvalue weighted by Gasteiger charge is 2.19. The monoisotopic (exact) mass is 376 g/mol. The summed E-state index contributed by atoms with van der Waals surface area (Å²) in [4.78, 5) is 26.0. The Morgan fingerprint density at radius 2 is 1.89 bits per heavy atom. The van der Waals surface area contributed by atoms with Gasteiger partial charge in [0.15, 0.2) is 0 Å². The summed E-state index contributed by atoms with van der Waals surface area (Å²) in [5.41, 5.74) is 1.02. The molecule has 0 saturated heterocycles. The number of carbonyl (C=O) groups is 2. The van der Waals surface area contributed by atoms with Crippen LogP contribution in [0.1, 0.15) is 43.7 Å². The molecule has 1 aromatic rings. The Hall–Kier alpha value is -2.28. The van der Waals surface area contributed by atoms with Crippen molar-refractivity contribution in [2.45, 2.75) is 44.2 Å². The van der Waals surface area contributed by atoms with Crippen LogP contribution in [0.4, 0.5) is 4.79 Å². The minimum Gasteiger partial charge on any atom is -0.496 e. The van der Waals surface area contributed by atoms with E-state index >= 15 is 0 Å². The first-order valence-corrected chi connectivity index (χ1v) is 9.61. The van der Waals surface area contributed by atoms with Gasteiger partial charge >= 0.3 is 6.03 Å². The van der Waals surface area contributed by atoms with Crippen LogP contribution in [-0.2, 0) is 4.79 Å². The molecule has 3 N–H and O–H groups in total. The third kappa shape index (κ3) is 6.75. The molecule has 3 amide bonds. The first-order chi connectivity index (χ1) is 13.0. The Morgan fingerprint density at radius 3 is 2.56 bits per heavy atom. The quantitative estimate of drug-likeness (QED) is 0.616. The summed E-state index contributed by atoms with van der Waals surface area (Å²) in [6.45, 7) is 0.763. The van der Waals surface area contributed by atoms with Crippen LogP contribution in [0.25, 0.3) is 0 Å². The molecular weight excluding hydrogens is 344 g/mol. The SMILES string of the molecule is COc1ccccc1C(CNC(=O)NCCC(=O)NC1CCCC1)N(C)C. The predicted octanol–water partition coefficient (Wildman–Crippen LogP) is 2.05. The van der Waals surface area contributed by atoms with Gasteiger partial charge in [0, 0.05) is 31.1 Å². The Balaban J connectivity index is 1.74. The Bertz CT molecular complexity index is 615. The van der Waals surface area contributed by atoms with Crippen LogP contribution in [0, 0.1) is 0 Å². The second-order valence-electron chi connectivity index (χ2n) is 7.16. The standard InChI is InChI=1S/C20H32N4O3/c1-24(2)17(16-10-6-7-11-18(16)27-3)14-22-20(26)21-13-12-19(25)23-15-8-4-5-9-15/h6-7,10-11,15,17H,4-5,8-9,12-14H2,1-3H3,(H,23,25)(H2,21,22,26). The third-order valence-electron chi connectivity index (χ3n) is 4.94. The number of benzene rings is 1. The van der Waals surface area contributed by atoms with Crippen molar-refractivity contribution in [3.8, 4) is 5.75 Å². The first kappa shape index (κ1) is 21.0. The van der Waals surface area contributed by atoms with Crippen LogP contribution in [-0.4, -0.2) is 57.2 Å². The molecule has 27 heavy (non-hydrogen) atoms. The van der Waals surface area contributed by atoms with Crippen molar-refractivity contribution in [3.63, 3.8) is 0 Å². The molecule has 1 atom stereocenters. The van der Waals surface area contributed by atoms with Gasteiger partial charge in [-0.2, -0.15) is 0 Å². The van der Waals surface area contributed by atoms with Crippen LogP contribution in [0.3, 0.4) is 0 Å². The molecule has 1 aliphatic carbocycles. The molecule has 7 heteroatoms. The summed E-state index contributed by atoms with van der Waals surface area (Å²) in [5.74, 6) is 0.796. The summed E-state index contributed by atoms with van der Waals surface area (Å²) in [7, 11) is 5.57. The van der Waals surface area contributed by atoms with Crippen LogP contribution >= 0.6 is 0 Å². The average molecular weight is 377 g/mol. The predicted molar refractivity (Wildman–Crippen MR) is 106 cm³/mol. The highest BCUT2D eigenvalue weighted by molar-refractivity contribution is 5.78. The lowest BCUT2D eigenvalue weighted by Gasteiger charge is -2.26. The number of likely N-dealkylation sites (N-methyl/N-ethyl adjacent to an activating group) is 1. The Labute approximate surface area is 161 Å². The van der Waals surface area contributed by atoms with E-state index < -0.39 is 0 Å². The van der Waals surface area contributed by atoms with Crippen molar-refractivity contribution >= 4 is 11.9 Å². The fourth-order valence-corrected chi connectivity index (χ4v) is 3.42. The van der Waals surface area contributed by atoms with Gasteiger partial charge in [0.1, 0.15) is 5.75 Å². The number of para-hydroxylation sites is 1. The summed E-state index contributed by atoms with van der Waals surface area (Å²) in [6, 6.07) is 7.81. The second kappa shape index (κ2) is 10.8. The van der Waals surface area contributed by atoms with E-state index in [9.17, 15) is 9.59 Å². The van der Waals surface area contributed by atoms with E-state index in [2.05, 4.69) is 16.0 Å². The maximum absolute atomic E-state index is 12.1. The maximum atomic E-state index is 12.1. The lowest BCUT2D eigenvalue weighted by atomic mass is 10.0.